The first-order chi connectivity index (χ1) is 10.6. The summed E-state index contributed by atoms with van der Waals surface area (Å²) < 4.78 is 5.12. The van der Waals surface area contributed by atoms with Crippen LogP contribution in [0.3, 0.4) is 0 Å². The minimum absolute atomic E-state index is 0.165. The Hall–Kier alpha value is -2.06. The van der Waals surface area contributed by atoms with Crippen LogP contribution in [-0.4, -0.2) is 55.0 Å². The zero-order valence-electron chi connectivity index (χ0n) is 13.3. The molecule has 0 saturated carbocycles. The fourth-order valence-corrected chi connectivity index (χ4v) is 2.70. The summed E-state index contributed by atoms with van der Waals surface area (Å²) in [5.41, 5.74) is 1.01. The summed E-state index contributed by atoms with van der Waals surface area (Å²) in [6, 6.07) is 10.1. The van der Waals surface area contributed by atoms with Crippen molar-refractivity contribution < 1.29 is 9.53 Å². The molecule has 2 rings (SSSR count). The molecule has 5 heteroatoms. The van der Waals surface area contributed by atoms with E-state index in [1.807, 2.05) is 29.2 Å². The summed E-state index contributed by atoms with van der Waals surface area (Å²) in [5.74, 6) is 0.967. The second-order valence-electron chi connectivity index (χ2n) is 5.65. The van der Waals surface area contributed by atoms with Gasteiger partial charge in [0.05, 0.1) is 26.0 Å². The number of rotatable bonds is 5. The lowest BCUT2D eigenvalue weighted by Gasteiger charge is -2.37. The van der Waals surface area contributed by atoms with Crippen molar-refractivity contribution >= 4 is 5.91 Å². The van der Waals surface area contributed by atoms with Crippen LogP contribution < -0.4 is 4.74 Å². The minimum Gasteiger partial charge on any atom is -0.497 e. The van der Waals surface area contributed by atoms with E-state index in [0.717, 1.165) is 37.5 Å². The van der Waals surface area contributed by atoms with Gasteiger partial charge in [0, 0.05) is 32.2 Å². The predicted octanol–water partition coefficient (Wildman–Crippen LogP) is 1.68. The van der Waals surface area contributed by atoms with E-state index in [9.17, 15) is 4.79 Å². The molecule has 1 aliphatic heterocycles. The molecule has 0 radical (unpaired) electrons. The molecule has 0 N–H and O–H groups in total. The zero-order valence-corrected chi connectivity index (χ0v) is 13.3. The average Bonchev–Trinajstić information content (AvgIpc) is 2.56. The second-order valence-corrected chi connectivity index (χ2v) is 5.65. The standard InChI is InChI=1S/C17H23N3O2/c1-14(7-8-18)19-9-11-20(12-10-19)17(21)13-15-3-5-16(22-2)6-4-15/h3-6,14H,7,9-13H2,1-2H3. The molecule has 1 saturated heterocycles. The van der Waals surface area contributed by atoms with E-state index < -0.39 is 0 Å². The number of methoxy groups -OCH3 is 1. The van der Waals surface area contributed by atoms with Gasteiger partial charge >= 0.3 is 0 Å². The van der Waals surface area contributed by atoms with Gasteiger partial charge in [0.25, 0.3) is 0 Å². The summed E-state index contributed by atoms with van der Waals surface area (Å²) in [7, 11) is 1.63. The number of nitriles is 1. The molecule has 1 aromatic carbocycles. The van der Waals surface area contributed by atoms with Crippen LogP contribution in [0.2, 0.25) is 0 Å². The summed E-state index contributed by atoms with van der Waals surface area (Å²) in [4.78, 5) is 16.5. The van der Waals surface area contributed by atoms with Crippen LogP contribution in [0.1, 0.15) is 18.9 Å². The van der Waals surface area contributed by atoms with E-state index in [2.05, 4.69) is 17.9 Å². The van der Waals surface area contributed by atoms with Crippen LogP contribution in [0, 0.1) is 11.3 Å². The molecule has 0 spiro atoms. The van der Waals surface area contributed by atoms with Crippen molar-refractivity contribution in [3.8, 4) is 11.8 Å². The third-order valence-corrected chi connectivity index (χ3v) is 4.19. The molecule has 0 aliphatic carbocycles. The van der Waals surface area contributed by atoms with E-state index >= 15 is 0 Å². The monoisotopic (exact) mass is 301 g/mol. The Morgan fingerprint density at radius 3 is 2.45 bits per heavy atom. The van der Waals surface area contributed by atoms with Gasteiger partial charge in [-0.05, 0) is 24.6 Å². The molecule has 22 heavy (non-hydrogen) atoms. The first kappa shape index (κ1) is 16.3. The Bertz CT molecular complexity index is 528. The number of benzene rings is 1. The van der Waals surface area contributed by atoms with Crippen molar-refractivity contribution in [2.24, 2.45) is 0 Å². The van der Waals surface area contributed by atoms with E-state index in [-0.39, 0.29) is 11.9 Å². The predicted molar refractivity (Wildman–Crippen MR) is 84.5 cm³/mol. The minimum atomic E-state index is 0.165. The quantitative estimate of drug-likeness (QED) is 0.830. The number of carbonyl (C=O) groups is 1. The molecular formula is C17H23N3O2. The maximum Gasteiger partial charge on any atom is 0.227 e. The van der Waals surface area contributed by atoms with Crippen molar-refractivity contribution in [3.05, 3.63) is 29.8 Å². The Kier molecular flexibility index (Phi) is 5.79. The summed E-state index contributed by atoms with van der Waals surface area (Å²) >= 11 is 0. The van der Waals surface area contributed by atoms with Crippen molar-refractivity contribution in [2.45, 2.75) is 25.8 Å². The number of hydrogen-bond donors (Lipinski definition) is 0. The fraction of sp³-hybridized carbons (Fsp3) is 0.529. The van der Waals surface area contributed by atoms with Crippen LogP contribution in [0.25, 0.3) is 0 Å². The van der Waals surface area contributed by atoms with Gasteiger partial charge < -0.3 is 9.64 Å². The summed E-state index contributed by atoms with van der Waals surface area (Å²) in [6.07, 6.45) is 0.970. The number of nitrogens with zero attached hydrogens (tertiary/aromatic N) is 3. The Balaban J connectivity index is 1.83. The van der Waals surface area contributed by atoms with Crippen LogP contribution in [0.5, 0.6) is 5.75 Å². The first-order valence-corrected chi connectivity index (χ1v) is 7.65. The number of piperazine rings is 1. The molecule has 1 aromatic rings. The lowest BCUT2D eigenvalue weighted by atomic mass is 10.1. The van der Waals surface area contributed by atoms with Crippen molar-refractivity contribution in [3.63, 3.8) is 0 Å². The van der Waals surface area contributed by atoms with Gasteiger partial charge in [-0.1, -0.05) is 12.1 Å². The third-order valence-electron chi connectivity index (χ3n) is 4.19. The Labute approximate surface area is 132 Å². The highest BCUT2D eigenvalue weighted by Gasteiger charge is 2.23. The fourth-order valence-electron chi connectivity index (χ4n) is 2.70. The molecule has 1 fully saturated rings. The van der Waals surface area contributed by atoms with E-state index in [4.69, 9.17) is 10.00 Å². The third kappa shape index (κ3) is 4.22. The SMILES string of the molecule is COc1ccc(CC(=O)N2CCN(C(C)CC#N)CC2)cc1. The number of amides is 1. The topological polar surface area (TPSA) is 56.6 Å². The summed E-state index contributed by atoms with van der Waals surface area (Å²) in [5, 5.41) is 8.76. The summed E-state index contributed by atoms with van der Waals surface area (Å²) in [6.45, 7) is 5.24. The van der Waals surface area contributed by atoms with Crippen LogP contribution in [0.4, 0.5) is 0 Å². The van der Waals surface area contributed by atoms with E-state index in [1.165, 1.54) is 0 Å². The second kappa shape index (κ2) is 7.81. The van der Waals surface area contributed by atoms with Crippen LogP contribution in [-0.2, 0) is 11.2 Å². The molecular weight excluding hydrogens is 278 g/mol. The number of ether oxygens (including phenoxy) is 1. The lowest BCUT2D eigenvalue weighted by Crippen LogP contribution is -2.51. The van der Waals surface area contributed by atoms with Crippen molar-refractivity contribution in [2.75, 3.05) is 33.3 Å². The van der Waals surface area contributed by atoms with Gasteiger partial charge in [0.1, 0.15) is 5.75 Å². The molecule has 1 atom stereocenters. The van der Waals surface area contributed by atoms with Crippen LogP contribution in [0.15, 0.2) is 24.3 Å². The van der Waals surface area contributed by atoms with Gasteiger partial charge in [-0.25, -0.2) is 0 Å². The van der Waals surface area contributed by atoms with E-state index in [0.29, 0.717) is 12.8 Å². The largest absolute Gasteiger partial charge is 0.497 e. The molecule has 1 heterocycles. The highest BCUT2D eigenvalue weighted by molar-refractivity contribution is 5.78. The number of hydrogen-bond acceptors (Lipinski definition) is 4. The molecule has 1 aliphatic rings. The van der Waals surface area contributed by atoms with Crippen molar-refractivity contribution in [1.82, 2.24) is 9.80 Å². The molecule has 5 nitrogen and oxygen atoms in total. The maximum absolute atomic E-state index is 12.3. The Morgan fingerprint density at radius 1 is 1.27 bits per heavy atom. The zero-order chi connectivity index (χ0) is 15.9. The van der Waals surface area contributed by atoms with Gasteiger partial charge in [-0.3, -0.25) is 9.69 Å². The first-order valence-electron chi connectivity index (χ1n) is 7.65. The average molecular weight is 301 g/mol. The highest BCUT2D eigenvalue weighted by atomic mass is 16.5. The van der Waals surface area contributed by atoms with Gasteiger partial charge in [-0.2, -0.15) is 5.26 Å². The van der Waals surface area contributed by atoms with Crippen LogP contribution >= 0.6 is 0 Å². The van der Waals surface area contributed by atoms with Gasteiger partial charge in [0.15, 0.2) is 0 Å². The maximum atomic E-state index is 12.3. The van der Waals surface area contributed by atoms with Crippen molar-refractivity contribution in [1.29, 1.82) is 5.26 Å². The van der Waals surface area contributed by atoms with Gasteiger partial charge in [0.2, 0.25) is 5.91 Å². The highest BCUT2D eigenvalue weighted by Crippen LogP contribution is 2.14. The Morgan fingerprint density at radius 2 is 1.91 bits per heavy atom. The van der Waals surface area contributed by atoms with Gasteiger partial charge in [-0.15, -0.1) is 0 Å². The molecule has 0 aromatic heterocycles. The lowest BCUT2D eigenvalue weighted by molar-refractivity contribution is -0.132. The normalized spacial score (nSPS) is 16.9. The number of carbonyl (C=O) groups excluding carboxylic acids is 1. The molecule has 1 amide bonds. The smallest absolute Gasteiger partial charge is 0.227 e. The molecule has 1 unspecified atom stereocenters. The molecule has 118 valence electrons. The molecule has 0 bridgehead atoms. The van der Waals surface area contributed by atoms with E-state index in [1.54, 1.807) is 7.11 Å².